The molecule has 0 saturated heterocycles. The number of rotatable bonds is 6. The molecule has 1 radical (unpaired) electrons. The van der Waals surface area contributed by atoms with Crippen LogP contribution in [0.1, 0.15) is 12.1 Å². The number of aromatic amines is 1. The third-order valence-corrected chi connectivity index (χ3v) is 3.65. The van der Waals surface area contributed by atoms with E-state index in [1.165, 1.54) is 5.56 Å². The monoisotopic (exact) mass is 283 g/mol. The van der Waals surface area contributed by atoms with E-state index in [0.717, 1.165) is 29.8 Å². The Morgan fingerprint density at radius 3 is 2.80 bits per heavy atom. The number of thiophene rings is 1. The predicted molar refractivity (Wildman–Crippen MR) is 81.0 cm³/mol. The third-order valence-electron chi connectivity index (χ3n) is 3.04. The molecule has 1 N–H and O–H groups in total. The second kappa shape index (κ2) is 6.39. The molecule has 2 aromatic heterocycles. The highest BCUT2D eigenvalue weighted by Crippen LogP contribution is 2.23. The molecule has 101 valence electrons. The van der Waals surface area contributed by atoms with E-state index < -0.39 is 0 Å². The molecule has 0 fully saturated rings. The normalized spacial score (nSPS) is 10.6. The smallest absolute Gasteiger partial charge is 0.119 e. The van der Waals surface area contributed by atoms with Gasteiger partial charge in [-0.3, -0.25) is 0 Å². The van der Waals surface area contributed by atoms with Crippen molar-refractivity contribution in [3.63, 3.8) is 0 Å². The molecule has 3 rings (SSSR count). The van der Waals surface area contributed by atoms with Crippen molar-refractivity contribution in [3.05, 3.63) is 59.3 Å². The zero-order chi connectivity index (χ0) is 13.6. The Labute approximate surface area is 122 Å². The van der Waals surface area contributed by atoms with Crippen LogP contribution in [0.2, 0.25) is 0 Å². The molecule has 0 aliphatic heterocycles. The van der Waals surface area contributed by atoms with E-state index in [1.807, 2.05) is 23.7 Å². The summed E-state index contributed by atoms with van der Waals surface area (Å²) < 4.78 is 5.73. The summed E-state index contributed by atoms with van der Waals surface area (Å²) in [6.45, 7) is 0.705. The highest BCUT2D eigenvalue weighted by Gasteiger charge is 2.00. The number of ether oxygens (including phenoxy) is 1. The van der Waals surface area contributed by atoms with Crippen molar-refractivity contribution < 1.29 is 4.74 Å². The van der Waals surface area contributed by atoms with E-state index in [1.54, 1.807) is 17.7 Å². The summed E-state index contributed by atoms with van der Waals surface area (Å²) in [4.78, 5) is 7.14. The van der Waals surface area contributed by atoms with Crippen LogP contribution in [0.4, 0.5) is 0 Å². The van der Waals surface area contributed by atoms with Crippen molar-refractivity contribution in [2.24, 2.45) is 0 Å². The summed E-state index contributed by atoms with van der Waals surface area (Å²) in [5.74, 6) is 0.908. The SMILES string of the molecule is [c]1sccc1-c1ccc(OCCCc2c[nH]cn2)cc1. The number of nitrogens with zero attached hydrogens (tertiary/aromatic N) is 1. The number of H-pyrrole nitrogens is 1. The van der Waals surface area contributed by atoms with Crippen LogP contribution in [-0.2, 0) is 6.42 Å². The Kier molecular flexibility index (Phi) is 4.13. The predicted octanol–water partition coefficient (Wildman–Crippen LogP) is 3.95. The summed E-state index contributed by atoms with van der Waals surface area (Å²) in [7, 11) is 0. The lowest BCUT2D eigenvalue weighted by molar-refractivity contribution is 0.310. The second-order valence-corrected chi connectivity index (χ2v) is 5.19. The van der Waals surface area contributed by atoms with Crippen LogP contribution >= 0.6 is 11.3 Å². The van der Waals surface area contributed by atoms with E-state index in [-0.39, 0.29) is 0 Å². The van der Waals surface area contributed by atoms with Crippen LogP contribution in [-0.4, -0.2) is 16.6 Å². The lowest BCUT2D eigenvalue weighted by Crippen LogP contribution is -1.99. The van der Waals surface area contributed by atoms with Gasteiger partial charge < -0.3 is 9.72 Å². The summed E-state index contributed by atoms with van der Waals surface area (Å²) in [5.41, 5.74) is 3.40. The number of hydrogen-bond donors (Lipinski definition) is 1. The second-order valence-electron chi connectivity index (χ2n) is 4.47. The first-order valence-electron chi connectivity index (χ1n) is 6.58. The van der Waals surface area contributed by atoms with Crippen molar-refractivity contribution in [1.82, 2.24) is 9.97 Å². The molecule has 0 saturated carbocycles. The molecule has 2 heterocycles. The van der Waals surface area contributed by atoms with Gasteiger partial charge in [-0.2, -0.15) is 0 Å². The van der Waals surface area contributed by atoms with Gasteiger partial charge in [-0.1, -0.05) is 12.1 Å². The minimum atomic E-state index is 0.705. The minimum Gasteiger partial charge on any atom is -0.494 e. The van der Waals surface area contributed by atoms with Gasteiger partial charge in [0.05, 0.1) is 24.0 Å². The van der Waals surface area contributed by atoms with E-state index in [2.05, 4.69) is 33.5 Å². The summed E-state index contributed by atoms with van der Waals surface area (Å²) in [5, 5.41) is 5.27. The highest BCUT2D eigenvalue weighted by atomic mass is 32.1. The van der Waals surface area contributed by atoms with Crippen molar-refractivity contribution in [2.75, 3.05) is 6.61 Å². The van der Waals surface area contributed by atoms with Gasteiger partial charge in [0.15, 0.2) is 0 Å². The van der Waals surface area contributed by atoms with Gasteiger partial charge in [-0.05, 0) is 42.0 Å². The first-order valence-corrected chi connectivity index (χ1v) is 7.46. The lowest BCUT2D eigenvalue weighted by Gasteiger charge is -2.06. The van der Waals surface area contributed by atoms with E-state index >= 15 is 0 Å². The minimum absolute atomic E-state index is 0.705. The molecule has 0 aliphatic rings. The maximum Gasteiger partial charge on any atom is 0.119 e. The van der Waals surface area contributed by atoms with Gasteiger partial charge in [0.2, 0.25) is 0 Å². The number of nitrogens with one attached hydrogen (secondary N) is 1. The summed E-state index contributed by atoms with van der Waals surface area (Å²) >= 11 is 1.59. The van der Waals surface area contributed by atoms with E-state index in [4.69, 9.17) is 4.74 Å². The lowest BCUT2D eigenvalue weighted by atomic mass is 10.1. The van der Waals surface area contributed by atoms with Crippen LogP contribution in [0.5, 0.6) is 5.75 Å². The fraction of sp³-hybridized carbons (Fsp3) is 0.188. The number of imidazole rings is 1. The molecule has 3 nitrogen and oxygen atoms in total. The molecule has 4 heteroatoms. The van der Waals surface area contributed by atoms with E-state index in [9.17, 15) is 0 Å². The topological polar surface area (TPSA) is 37.9 Å². The van der Waals surface area contributed by atoms with Gasteiger partial charge in [-0.25, -0.2) is 4.98 Å². The Balaban J connectivity index is 1.48. The summed E-state index contributed by atoms with van der Waals surface area (Å²) in [6.07, 6.45) is 5.53. The number of aromatic nitrogens is 2. The molecular weight excluding hydrogens is 268 g/mol. The molecule has 3 aromatic rings. The Morgan fingerprint density at radius 2 is 2.10 bits per heavy atom. The van der Waals surface area contributed by atoms with Gasteiger partial charge in [0, 0.05) is 11.8 Å². The molecule has 0 spiro atoms. The van der Waals surface area contributed by atoms with Crippen LogP contribution in [0.25, 0.3) is 11.1 Å². The third kappa shape index (κ3) is 3.27. The Hall–Kier alpha value is -2.07. The zero-order valence-electron chi connectivity index (χ0n) is 11.0. The van der Waals surface area contributed by atoms with Gasteiger partial charge in [0.1, 0.15) is 5.75 Å². The largest absolute Gasteiger partial charge is 0.494 e. The molecule has 0 unspecified atom stereocenters. The maximum absolute atomic E-state index is 5.73. The average molecular weight is 283 g/mol. The number of benzene rings is 1. The van der Waals surface area contributed by atoms with Crippen LogP contribution in [0.3, 0.4) is 0 Å². The Morgan fingerprint density at radius 1 is 1.20 bits per heavy atom. The van der Waals surface area contributed by atoms with Crippen molar-refractivity contribution in [1.29, 1.82) is 0 Å². The van der Waals surface area contributed by atoms with Gasteiger partial charge in [-0.15, -0.1) is 11.3 Å². The Bertz CT molecular complexity index is 615. The molecule has 0 atom stereocenters. The average Bonchev–Trinajstić information content (AvgIpc) is 3.17. The van der Waals surface area contributed by atoms with Crippen LogP contribution in [0, 0.1) is 5.38 Å². The first kappa shape index (κ1) is 12.9. The molecule has 0 bridgehead atoms. The quantitative estimate of drug-likeness (QED) is 0.696. The first-order chi connectivity index (χ1) is 9.92. The molecule has 0 amide bonds. The number of aryl methyl sites for hydroxylation is 1. The van der Waals surface area contributed by atoms with Gasteiger partial charge >= 0.3 is 0 Å². The molecule has 0 aliphatic carbocycles. The molecule has 20 heavy (non-hydrogen) atoms. The van der Waals surface area contributed by atoms with Crippen LogP contribution < -0.4 is 4.74 Å². The molecule has 1 aromatic carbocycles. The number of hydrogen-bond acceptors (Lipinski definition) is 3. The van der Waals surface area contributed by atoms with Crippen LogP contribution in [0.15, 0.2) is 48.2 Å². The fourth-order valence-electron chi connectivity index (χ4n) is 1.99. The van der Waals surface area contributed by atoms with Crippen molar-refractivity contribution in [2.45, 2.75) is 12.8 Å². The van der Waals surface area contributed by atoms with Gasteiger partial charge in [0.25, 0.3) is 0 Å². The summed E-state index contributed by atoms with van der Waals surface area (Å²) in [6, 6.07) is 10.2. The molecular formula is C16H15N2OS. The van der Waals surface area contributed by atoms with E-state index in [0.29, 0.717) is 6.61 Å². The fourth-order valence-corrected chi connectivity index (χ4v) is 2.58. The maximum atomic E-state index is 5.73. The zero-order valence-corrected chi connectivity index (χ0v) is 11.8. The standard InChI is InChI=1S/C16H15N2OS/c1(2-15-10-17-12-18-15)8-19-16-5-3-13(4-6-16)14-7-9-20-11-14/h3-7,9-10,12H,1-2,8H2,(H,17,18). The van der Waals surface area contributed by atoms with Crippen molar-refractivity contribution >= 4 is 11.3 Å². The van der Waals surface area contributed by atoms with Crippen molar-refractivity contribution in [3.8, 4) is 16.9 Å². The highest BCUT2D eigenvalue weighted by molar-refractivity contribution is 7.07.